The molecule has 1 atom stereocenters. The van der Waals surface area contributed by atoms with E-state index in [0.29, 0.717) is 11.9 Å². The summed E-state index contributed by atoms with van der Waals surface area (Å²) in [6.07, 6.45) is 7.45. The average molecular weight is 360 g/mol. The number of nitrogens with one attached hydrogen (secondary N) is 1. The molecule has 2 aliphatic rings. The Bertz CT molecular complexity index is 599. The predicted molar refractivity (Wildman–Crippen MR) is 103 cm³/mol. The molecule has 1 amide bonds. The van der Waals surface area contributed by atoms with Gasteiger partial charge >= 0.3 is 0 Å². The average Bonchev–Trinajstić information content (AvgIpc) is 2.72. The number of benzene rings is 1. The molecule has 5 nitrogen and oxygen atoms in total. The van der Waals surface area contributed by atoms with Crippen LogP contribution in [0.3, 0.4) is 0 Å². The molecule has 1 aromatic carbocycles. The zero-order valence-corrected chi connectivity index (χ0v) is 16.1. The van der Waals surface area contributed by atoms with Crippen molar-refractivity contribution in [2.75, 3.05) is 33.9 Å². The number of piperidine rings is 2. The molecule has 0 bridgehead atoms. The number of nitrogens with zero attached hydrogens (tertiary/aromatic N) is 1. The van der Waals surface area contributed by atoms with Crippen LogP contribution in [0.15, 0.2) is 18.2 Å². The van der Waals surface area contributed by atoms with Crippen LogP contribution in [0.2, 0.25) is 0 Å². The minimum Gasteiger partial charge on any atom is -0.493 e. The second-order valence-electron chi connectivity index (χ2n) is 7.43. The molecule has 2 aliphatic heterocycles. The van der Waals surface area contributed by atoms with Crippen molar-refractivity contribution in [1.29, 1.82) is 0 Å². The minimum absolute atomic E-state index is 0.220. The van der Waals surface area contributed by atoms with Gasteiger partial charge in [0.1, 0.15) is 0 Å². The summed E-state index contributed by atoms with van der Waals surface area (Å²) in [4.78, 5) is 15.2. The molecule has 0 spiro atoms. The number of carbonyl (C=O) groups is 1. The largest absolute Gasteiger partial charge is 0.493 e. The number of aryl methyl sites for hydroxylation is 1. The van der Waals surface area contributed by atoms with E-state index in [4.69, 9.17) is 9.47 Å². The molecular weight excluding hydrogens is 328 g/mol. The van der Waals surface area contributed by atoms with E-state index in [9.17, 15) is 4.79 Å². The minimum atomic E-state index is 0.220. The lowest BCUT2D eigenvalue weighted by molar-refractivity contribution is -0.140. The molecule has 0 aliphatic carbocycles. The fourth-order valence-electron chi connectivity index (χ4n) is 4.26. The first-order valence-electron chi connectivity index (χ1n) is 9.95. The molecule has 0 saturated carbocycles. The number of methoxy groups -OCH3 is 2. The first kappa shape index (κ1) is 19.0. The van der Waals surface area contributed by atoms with Crippen LogP contribution in [-0.4, -0.2) is 50.7 Å². The molecule has 0 aromatic heterocycles. The topological polar surface area (TPSA) is 50.8 Å². The summed E-state index contributed by atoms with van der Waals surface area (Å²) in [5, 5.41) is 3.36. The standard InChI is InChI=1S/C21H32N2O3/c1-25-19-9-7-16(15-20(19)26-2)6-8-18-5-3-4-14-23(18)21(24)17-10-12-22-13-11-17/h7,9,15,17-18,22H,3-6,8,10-14H2,1-2H3. The highest BCUT2D eigenvalue weighted by Crippen LogP contribution is 2.30. The zero-order valence-electron chi connectivity index (χ0n) is 16.1. The van der Waals surface area contributed by atoms with Gasteiger partial charge in [0.05, 0.1) is 14.2 Å². The molecule has 1 aromatic rings. The van der Waals surface area contributed by atoms with Gasteiger partial charge in [0.25, 0.3) is 0 Å². The van der Waals surface area contributed by atoms with Crippen LogP contribution in [0.4, 0.5) is 0 Å². The lowest BCUT2D eigenvalue weighted by Crippen LogP contribution is -2.48. The summed E-state index contributed by atoms with van der Waals surface area (Å²) < 4.78 is 10.7. The van der Waals surface area contributed by atoms with Crippen LogP contribution < -0.4 is 14.8 Å². The normalized spacial score (nSPS) is 21.5. The van der Waals surface area contributed by atoms with Crippen molar-refractivity contribution in [2.45, 2.75) is 51.0 Å². The number of hydrogen-bond acceptors (Lipinski definition) is 4. The molecule has 5 heteroatoms. The van der Waals surface area contributed by atoms with E-state index in [-0.39, 0.29) is 5.92 Å². The molecule has 2 fully saturated rings. The maximum absolute atomic E-state index is 13.0. The second kappa shape index (κ2) is 9.26. The van der Waals surface area contributed by atoms with E-state index >= 15 is 0 Å². The van der Waals surface area contributed by atoms with Gasteiger partial charge in [0.2, 0.25) is 5.91 Å². The van der Waals surface area contributed by atoms with Crippen molar-refractivity contribution in [3.05, 3.63) is 23.8 Å². The number of hydrogen-bond donors (Lipinski definition) is 1. The maximum atomic E-state index is 13.0. The van der Waals surface area contributed by atoms with Gasteiger partial charge in [-0.1, -0.05) is 6.07 Å². The molecule has 2 saturated heterocycles. The van der Waals surface area contributed by atoms with Gasteiger partial charge in [-0.25, -0.2) is 0 Å². The molecular formula is C21H32N2O3. The van der Waals surface area contributed by atoms with Gasteiger partial charge in [-0.3, -0.25) is 4.79 Å². The Balaban J connectivity index is 1.62. The molecule has 144 valence electrons. The van der Waals surface area contributed by atoms with E-state index in [0.717, 1.165) is 69.7 Å². The van der Waals surface area contributed by atoms with Crippen LogP contribution >= 0.6 is 0 Å². The quantitative estimate of drug-likeness (QED) is 0.847. The Morgan fingerprint density at radius 3 is 2.62 bits per heavy atom. The van der Waals surface area contributed by atoms with Crippen LogP contribution in [0.5, 0.6) is 11.5 Å². The van der Waals surface area contributed by atoms with Crippen LogP contribution in [0, 0.1) is 5.92 Å². The van der Waals surface area contributed by atoms with Crippen LogP contribution in [0.25, 0.3) is 0 Å². The highest BCUT2D eigenvalue weighted by Gasteiger charge is 2.31. The van der Waals surface area contributed by atoms with Crippen molar-refractivity contribution in [3.63, 3.8) is 0 Å². The summed E-state index contributed by atoms with van der Waals surface area (Å²) in [7, 11) is 3.33. The van der Waals surface area contributed by atoms with E-state index in [2.05, 4.69) is 22.3 Å². The molecule has 1 unspecified atom stereocenters. The molecule has 0 radical (unpaired) electrons. The number of amides is 1. The third-order valence-corrected chi connectivity index (χ3v) is 5.81. The summed E-state index contributed by atoms with van der Waals surface area (Å²) >= 11 is 0. The van der Waals surface area contributed by atoms with Crippen molar-refractivity contribution in [3.8, 4) is 11.5 Å². The Labute approximate surface area is 157 Å². The van der Waals surface area contributed by atoms with Gasteiger partial charge in [-0.2, -0.15) is 0 Å². The number of likely N-dealkylation sites (tertiary alicyclic amines) is 1. The third kappa shape index (κ3) is 4.50. The predicted octanol–water partition coefficient (Wildman–Crippen LogP) is 3.02. The highest BCUT2D eigenvalue weighted by atomic mass is 16.5. The van der Waals surface area contributed by atoms with Crippen LogP contribution in [-0.2, 0) is 11.2 Å². The maximum Gasteiger partial charge on any atom is 0.226 e. The zero-order chi connectivity index (χ0) is 18.4. The summed E-state index contributed by atoms with van der Waals surface area (Å²) in [5.74, 6) is 2.15. The smallest absolute Gasteiger partial charge is 0.226 e. The van der Waals surface area contributed by atoms with E-state index in [1.165, 1.54) is 12.0 Å². The summed E-state index contributed by atoms with van der Waals surface area (Å²) in [6.45, 7) is 2.88. The fourth-order valence-corrected chi connectivity index (χ4v) is 4.26. The van der Waals surface area contributed by atoms with Crippen molar-refractivity contribution >= 4 is 5.91 Å². The summed E-state index contributed by atoms with van der Waals surface area (Å²) in [5.41, 5.74) is 1.24. The Kier molecular flexibility index (Phi) is 6.78. The highest BCUT2D eigenvalue weighted by molar-refractivity contribution is 5.79. The number of ether oxygens (including phenoxy) is 2. The Hall–Kier alpha value is -1.75. The summed E-state index contributed by atoms with van der Waals surface area (Å²) in [6, 6.07) is 6.50. The van der Waals surface area contributed by atoms with Crippen molar-refractivity contribution in [1.82, 2.24) is 10.2 Å². The van der Waals surface area contributed by atoms with E-state index in [1.54, 1.807) is 14.2 Å². The first-order valence-corrected chi connectivity index (χ1v) is 9.95. The monoisotopic (exact) mass is 360 g/mol. The molecule has 1 N–H and O–H groups in total. The lowest BCUT2D eigenvalue weighted by atomic mass is 9.91. The second-order valence-corrected chi connectivity index (χ2v) is 7.43. The van der Waals surface area contributed by atoms with Gasteiger partial charge in [0.15, 0.2) is 11.5 Å². The van der Waals surface area contributed by atoms with E-state index in [1.807, 2.05) is 6.07 Å². The SMILES string of the molecule is COc1ccc(CCC2CCCCN2C(=O)C2CCNCC2)cc1OC. The van der Waals surface area contributed by atoms with Crippen molar-refractivity contribution < 1.29 is 14.3 Å². The first-order chi connectivity index (χ1) is 12.7. The van der Waals surface area contributed by atoms with Gasteiger partial charge in [0, 0.05) is 18.5 Å². The number of rotatable bonds is 6. The number of carbonyl (C=O) groups excluding carboxylic acids is 1. The molecule has 26 heavy (non-hydrogen) atoms. The van der Waals surface area contributed by atoms with Gasteiger partial charge in [-0.05, 0) is 75.7 Å². The van der Waals surface area contributed by atoms with E-state index < -0.39 is 0 Å². The van der Waals surface area contributed by atoms with Gasteiger partial charge in [-0.15, -0.1) is 0 Å². The Morgan fingerprint density at radius 2 is 1.88 bits per heavy atom. The molecule has 2 heterocycles. The van der Waals surface area contributed by atoms with Crippen LogP contribution in [0.1, 0.15) is 44.1 Å². The molecule has 3 rings (SSSR count). The fraction of sp³-hybridized carbons (Fsp3) is 0.667. The van der Waals surface area contributed by atoms with Crippen molar-refractivity contribution in [2.24, 2.45) is 5.92 Å². The third-order valence-electron chi connectivity index (χ3n) is 5.81. The Morgan fingerprint density at radius 1 is 1.12 bits per heavy atom. The lowest BCUT2D eigenvalue weighted by Gasteiger charge is -2.39. The van der Waals surface area contributed by atoms with Gasteiger partial charge < -0.3 is 19.7 Å².